The Bertz CT molecular complexity index is 1190. The number of nitrogens with one attached hydrogen (secondary N) is 2. The zero-order chi connectivity index (χ0) is 22.1. The number of alkyl halides is 3. The average Bonchev–Trinajstić information content (AvgIpc) is 2.69. The first kappa shape index (κ1) is 21.3. The van der Waals surface area contributed by atoms with Crippen LogP contribution < -0.4 is 11.1 Å². The fourth-order valence-corrected chi connectivity index (χ4v) is 3.40. The van der Waals surface area contributed by atoms with Gasteiger partial charge in [0, 0.05) is 5.56 Å². The third-order valence-electron chi connectivity index (χ3n) is 4.25. The van der Waals surface area contributed by atoms with Crippen LogP contribution in [0.5, 0.6) is 0 Å². The van der Waals surface area contributed by atoms with Gasteiger partial charge < -0.3 is 11.1 Å². The molecule has 0 radical (unpaired) electrons. The van der Waals surface area contributed by atoms with Gasteiger partial charge in [-0.05, 0) is 59.7 Å². The van der Waals surface area contributed by atoms with E-state index in [-0.39, 0.29) is 16.9 Å². The maximum absolute atomic E-state index is 13.1. The Morgan fingerprint density at radius 1 is 0.933 bits per heavy atom. The molecule has 4 N–H and O–H groups in total. The molecular formula is C20H15F4N3O2S. The molecule has 1 unspecified atom stereocenters. The highest BCUT2D eigenvalue weighted by Crippen LogP contribution is 2.31. The van der Waals surface area contributed by atoms with Crippen LogP contribution in [0.3, 0.4) is 0 Å². The molecule has 3 aromatic carbocycles. The van der Waals surface area contributed by atoms with Crippen molar-refractivity contribution in [2.45, 2.75) is 10.4 Å². The maximum Gasteiger partial charge on any atom is 0.483 e. The fourth-order valence-electron chi connectivity index (χ4n) is 2.61. The van der Waals surface area contributed by atoms with Crippen molar-refractivity contribution < 1.29 is 26.6 Å². The van der Waals surface area contributed by atoms with Gasteiger partial charge in [0.15, 0.2) is 9.73 Å². The summed E-state index contributed by atoms with van der Waals surface area (Å²) in [5, 5.41) is 2.56. The van der Waals surface area contributed by atoms with Gasteiger partial charge in [0.25, 0.3) is 5.91 Å². The molecule has 156 valence electrons. The minimum Gasteiger partial charge on any atom is -0.397 e. The number of rotatable bonds is 4. The summed E-state index contributed by atoms with van der Waals surface area (Å²) in [5.74, 6) is -1.05. The lowest BCUT2D eigenvalue weighted by atomic mass is 10.0. The predicted octanol–water partition coefficient (Wildman–Crippen LogP) is 5.25. The SMILES string of the molecule is N=S(=O)(c1ccc(C(=O)Nc2cc(-c3ccc(F)cc3)ccc2N)cc1)C(F)(F)F. The van der Waals surface area contributed by atoms with E-state index in [0.29, 0.717) is 11.1 Å². The molecule has 30 heavy (non-hydrogen) atoms. The van der Waals surface area contributed by atoms with E-state index in [1.165, 1.54) is 12.1 Å². The quantitative estimate of drug-likeness (QED) is 0.384. The van der Waals surface area contributed by atoms with Crippen LogP contribution in [0.2, 0.25) is 0 Å². The van der Waals surface area contributed by atoms with Gasteiger partial charge >= 0.3 is 5.51 Å². The molecule has 3 aromatic rings. The van der Waals surface area contributed by atoms with E-state index in [1.807, 2.05) is 0 Å². The molecule has 1 atom stereocenters. The van der Waals surface area contributed by atoms with Crippen molar-refractivity contribution in [3.05, 3.63) is 78.1 Å². The van der Waals surface area contributed by atoms with Crippen LogP contribution in [-0.2, 0) is 9.73 Å². The molecule has 0 aromatic heterocycles. The summed E-state index contributed by atoms with van der Waals surface area (Å²) < 4.78 is 70.0. The number of halogens is 4. The van der Waals surface area contributed by atoms with Crippen LogP contribution in [0.4, 0.5) is 28.9 Å². The second-order valence-corrected chi connectivity index (χ2v) is 8.34. The monoisotopic (exact) mass is 437 g/mol. The van der Waals surface area contributed by atoms with Crippen LogP contribution in [0.25, 0.3) is 11.1 Å². The van der Waals surface area contributed by atoms with E-state index < -0.39 is 31.9 Å². The zero-order valence-electron chi connectivity index (χ0n) is 15.2. The normalized spacial score (nSPS) is 13.5. The standard InChI is InChI=1S/C20H15F4N3O2S/c21-15-6-1-12(2-7-15)14-5-10-17(25)18(11-14)27-19(28)13-3-8-16(9-4-13)30(26,29)20(22,23)24/h1-11,26H,25H2,(H,27,28). The number of benzene rings is 3. The molecule has 10 heteroatoms. The molecule has 1 amide bonds. The Morgan fingerprint density at radius 3 is 2.07 bits per heavy atom. The average molecular weight is 437 g/mol. The van der Waals surface area contributed by atoms with Crippen LogP contribution >= 0.6 is 0 Å². The molecule has 0 aliphatic carbocycles. The number of nitrogen functional groups attached to an aromatic ring is 1. The molecule has 3 rings (SSSR count). The first-order valence-corrected chi connectivity index (χ1v) is 9.97. The van der Waals surface area contributed by atoms with Crippen LogP contribution in [0, 0.1) is 10.6 Å². The van der Waals surface area contributed by atoms with Crippen LogP contribution in [-0.4, -0.2) is 15.6 Å². The van der Waals surface area contributed by atoms with E-state index in [4.69, 9.17) is 10.5 Å². The van der Waals surface area contributed by atoms with Crippen molar-refractivity contribution in [2.24, 2.45) is 0 Å². The molecule has 0 aliphatic heterocycles. The maximum atomic E-state index is 13.1. The van der Waals surface area contributed by atoms with E-state index in [2.05, 4.69) is 5.32 Å². The minimum absolute atomic E-state index is 0.0114. The summed E-state index contributed by atoms with van der Waals surface area (Å²) in [7, 11) is -5.00. The van der Waals surface area contributed by atoms with Gasteiger partial charge in [0.2, 0.25) is 0 Å². The second kappa shape index (κ2) is 7.79. The van der Waals surface area contributed by atoms with E-state index in [1.54, 1.807) is 30.3 Å². The third kappa shape index (κ3) is 4.28. The van der Waals surface area contributed by atoms with Gasteiger partial charge in [-0.25, -0.2) is 13.4 Å². The lowest BCUT2D eigenvalue weighted by molar-refractivity contribution is -0.0406. The van der Waals surface area contributed by atoms with Gasteiger partial charge in [-0.1, -0.05) is 18.2 Å². The molecule has 0 spiro atoms. The molecule has 0 heterocycles. The van der Waals surface area contributed by atoms with E-state index in [0.717, 1.165) is 24.3 Å². The number of hydrogen-bond acceptors (Lipinski definition) is 4. The Hall–Kier alpha value is -3.40. The predicted molar refractivity (Wildman–Crippen MR) is 106 cm³/mol. The number of anilines is 2. The molecular weight excluding hydrogens is 422 g/mol. The highest BCUT2D eigenvalue weighted by molar-refractivity contribution is 7.93. The Kier molecular flexibility index (Phi) is 5.53. The summed E-state index contributed by atoms with van der Waals surface area (Å²) >= 11 is 0. The van der Waals surface area contributed by atoms with E-state index >= 15 is 0 Å². The zero-order valence-corrected chi connectivity index (χ0v) is 16.0. The molecule has 5 nitrogen and oxygen atoms in total. The van der Waals surface area contributed by atoms with Crippen molar-refractivity contribution >= 4 is 27.0 Å². The lowest BCUT2D eigenvalue weighted by Crippen LogP contribution is -2.22. The van der Waals surface area contributed by atoms with Gasteiger partial charge in [-0.3, -0.25) is 4.79 Å². The largest absolute Gasteiger partial charge is 0.483 e. The van der Waals surface area contributed by atoms with Crippen LogP contribution in [0.1, 0.15) is 10.4 Å². The summed E-state index contributed by atoms with van der Waals surface area (Å²) in [6, 6.07) is 14.3. The van der Waals surface area contributed by atoms with Crippen molar-refractivity contribution in [1.82, 2.24) is 0 Å². The summed E-state index contributed by atoms with van der Waals surface area (Å²) in [6.45, 7) is 0. The lowest BCUT2D eigenvalue weighted by Gasteiger charge is -2.13. The number of carbonyl (C=O) groups is 1. The Balaban J connectivity index is 1.84. The van der Waals surface area contributed by atoms with Gasteiger partial charge in [-0.2, -0.15) is 13.2 Å². The highest BCUT2D eigenvalue weighted by Gasteiger charge is 2.43. The first-order valence-electron chi connectivity index (χ1n) is 8.41. The third-order valence-corrected chi connectivity index (χ3v) is 5.84. The van der Waals surface area contributed by atoms with Gasteiger partial charge in [0.1, 0.15) is 5.82 Å². The topological polar surface area (TPSA) is 96.0 Å². The Labute approximate surface area is 169 Å². The highest BCUT2D eigenvalue weighted by atomic mass is 32.2. The van der Waals surface area contributed by atoms with Crippen LogP contribution in [0.15, 0.2) is 71.6 Å². The van der Waals surface area contributed by atoms with E-state index in [9.17, 15) is 26.6 Å². The molecule has 0 saturated carbocycles. The summed E-state index contributed by atoms with van der Waals surface area (Å²) in [4.78, 5) is 11.7. The summed E-state index contributed by atoms with van der Waals surface area (Å²) in [6.07, 6.45) is 0. The van der Waals surface area contributed by atoms with Crippen molar-refractivity contribution in [1.29, 1.82) is 4.78 Å². The first-order chi connectivity index (χ1) is 14.0. The van der Waals surface area contributed by atoms with Crippen molar-refractivity contribution in [3.8, 4) is 11.1 Å². The smallest absolute Gasteiger partial charge is 0.397 e. The number of carbonyl (C=O) groups excluding carboxylic acids is 1. The fraction of sp³-hybridized carbons (Fsp3) is 0.0500. The molecule has 0 fully saturated rings. The van der Waals surface area contributed by atoms with Gasteiger partial charge in [-0.15, -0.1) is 0 Å². The minimum atomic E-state index is -5.22. The molecule has 0 bridgehead atoms. The number of nitrogens with two attached hydrogens (primary N) is 1. The molecule has 0 aliphatic rings. The summed E-state index contributed by atoms with van der Waals surface area (Å²) in [5.41, 5.74) is 2.51. The van der Waals surface area contributed by atoms with Crippen molar-refractivity contribution in [3.63, 3.8) is 0 Å². The molecule has 0 saturated heterocycles. The Morgan fingerprint density at radius 2 is 1.50 bits per heavy atom. The number of amides is 1. The number of hydrogen-bond donors (Lipinski definition) is 3. The van der Waals surface area contributed by atoms with Crippen molar-refractivity contribution in [2.75, 3.05) is 11.1 Å². The van der Waals surface area contributed by atoms with Gasteiger partial charge in [0.05, 0.1) is 16.3 Å². The second-order valence-electron chi connectivity index (χ2n) is 6.29.